The molecule has 0 heterocycles. The summed E-state index contributed by atoms with van der Waals surface area (Å²) in [5.74, 6) is 0.356. The van der Waals surface area contributed by atoms with Gasteiger partial charge >= 0.3 is 5.97 Å². The Kier molecular flexibility index (Phi) is 10.8. The van der Waals surface area contributed by atoms with Crippen LogP contribution in [0.3, 0.4) is 0 Å². The highest BCUT2D eigenvalue weighted by atomic mass is 16.5. The third kappa shape index (κ3) is 8.44. The van der Waals surface area contributed by atoms with Crippen molar-refractivity contribution in [2.45, 2.75) is 84.5 Å². The number of rotatable bonds is 12. The normalized spacial score (nSPS) is 27.3. The van der Waals surface area contributed by atoms with E-state index < -0.39 is 12.2 Å². The first-order valence-corrected chi connectivity index (χ1v) is 13.7. The van der Waals surface area contributed by atoms with Crippen LogP contribution in [0.25, 0.3) is 0 Å². The second-order valence-electron chi connectivity index (χ2n) is 10.9. The number of carbonyl (C=O) groups is 2. The molecular weight excluding hydrogens is 468 g/mol. The van der Waals surface area contributed by atoms with E-state index in [2.05, 4.69) is 42.9 Å². The molecule has 8 atom stereocenters. The van der Waals surface area contributed by atoms with Crippen molar-refractivity contribution in [3.8, 4) is 0 Å². The predicted octanol–water partition coefficient (Wildman–Crippen LogP) is 4.77. The number of amides is 1. The number of aliphatic hydroxyl groups excluding tert-OH is 2. The number of carbonyl (C=O) groups excluding carboxylic acids is 2. The Morgan fingerprint density at radius 1 is 1.14 bits per heavy atom. The van der Waals surface area contributed by atoms with Crippen LogP contribution in [0.4, 0.5) is 5.69 Å². The molecule has 1 aromatic carbocycles. The molecule has 0 fully saturated rings. The Balaban J connectivity index is 1.53. The highest BCUT2D eigenvalue weighted by Gasteiger charge is 2.41. The molecule has 3 rings (SSSR count). The highest BCUT2D eigenvalue weighted by molar-refractivity contribution is 5.77. The van der Waals surface area contributed by atoms with Crippen LogP contribution in [-0.4, -0.2) is 40.4 Å². The monoisotopic (exact) mass is 512 g/mol. The SMILES string of the molecule is CC[C@H](C)C(=O)O[C@H]1C[C@@H](C)C=C2C=C[C@H](C)[C@H](CC[C@@H](O)C[C@@H](O)CC(=O)NNc3ccccc3)[C@H]21. The summed E-state index contributed by atoms with van der Waals surface area (Å²) < 4.78 is 6.07. The summed E-state index contributed by atoms with van der Waals surface area (Å²) in [5.41, 5.74) is 7.36. The molecule has 204 valence electrons. The molecule has 0 unspecified atom stereocenters. The van der Waals surface area contributed by atoms with E-state index in [1.54, 1.807) is 0 Å². The quantitative estimate of drug-likeness (QED) is 0.237. The summed E-state index contributed by atoms with van der Waals surface area (Å²) in [6.07, 6.45) is 7.69. The smallest absolute Gasteiger partial charge is 0.308 e. The van der Waals surface area contributed by atoms with E-state index >= 15 is 0 Å². The number of hydrogen-bond donors (Lipinski definition) is 4. The second-order valence-corrected chi connectivity index (χ2v) is 10.9. The van der Waals surface area contributed by atoms with Gasteiger partial charge in [-0.3, -0.25) is 20.4 Å². The fourth-order valence-corrected chi connectivity index (χ4v) is 5.48. The molecule has 0 aromatic heterocycles. The summed E-state index contributed by atoms with van der Waals surface area (Å²) in [4.78, 5) is 24.8. The lowest BCUT2D eigenvalue weighted by molar-refractivity contribution is -0.158. The molecule has 0 spiro atoms. The molecule has 2 aliphatic rings. The number of fused-ring (bicyclic) bond motifs is 1. The van der Waals surface area contributed by atoms with Crippen LogP contribution in [0.1, 0.15) is 66.2 Å². The Labute approximate surface area is 221 Å². The van der Waals surface area contributed by atoms with Crippen LogP contribution in [0, 0.1) is 29.6 Å². The minimum absolute atomic E-state index is 0.0967. The lowest BCUT2D eigenvalue weighted by atomic mass is 9.65. The van der Waals surface area contributed by atoms with Gasteiger partial charge in [-0.05, 0) is 67.6 Å². The van der Waals surface area contributed by atoms with Crippen molar-refractivity contribution in [3.63, 3.8) is 0 Å². The standard InChI is InChI=1S/C30H44N2O5/c1-5-20(3)30(36)37-27-16-19(2)15-22-12-11-21(4)26(29(22)27)14-13-24(33)17-25(34)18-28(35)32-31-23-9-7-6-8-10-23/h6-12,15,19-21,24-27,29,31,33-34H,5,13-14,16-18H2,1-4H3,(H,32,35)/t19-,20-,21-,24+,25+,26-,27-,29-/m0/s1. The number of hydrazine groups is 1. The number of benzene rings is 1. The van der Waals surface area contributed by atoms with Gasteiger partial charge in [0.05, 0.1) is 30.2 Å². The number of aliphatic hydroxyl groups is 2. The number of ether oxygens (including phenoxy) is 1. The molecule has 0 aliphatic heterocycles. The average molecular weight is 513 g/mol. The zero-order chi connectivity index (χ0) is 26.9. The van der Waals surface area contributed by atoms with E-state index in [9.17, 15) is 19.8 Å². The predicted molar refractivity (Wildman–Crippen MR) is 145 cm³/mol. The van der Waals surface area contributed by atoms with Gasteiger partial charge in [0, 0.05) is 5.92 Å². The zero-order valence-corrected chi connectivity index (χ0v) is 22.6. The lowest BCUT2D eigenvalue weighted by Crippen LogP contribution is -2.41. The number of para-hydroxylation sites is 1. The molecule has 4 N–H and O–H groups in total. The maximum Gasteiger partial charge on any atom is 0.308 e. The van der Waals surface area contributed by atoms with Crippen LogP contribution < -0.4 is 10.9 Å². The number of nitrogens with one attached hydrogen (secondary N) is 2. The fourth-order valence-electron chi connectivity index (χ4n) is 5.48. The molecular formula is C30H44N2O5. The van der Waals surface area contributed by atoms with Gasteiger partial charge < -0.3 is 14.9 Å². The minimum atomic E-state index is -0.938. The molecule has 0 saturated carbocycles. The summed E-state index contributed by atoms with van der Waals surface area (Å²) in [6, 6.07) is 9.24. The van der Waals surface area contributed by atoms with E-state index in [4.69, 9.17) is 4.74 Å². The van der Waals surface area contributed by atoms with Gasteiger partial charge in [-0.15, -0.1) is 0 Å². The van der Waals surface area contributed by atoms with Crippen LogP contribution in [0.15, 0.2) is 54.1 Å². The summed E-state index contributed by atoms with van der Waals surface area (Å²) in [7, 11) is 0. The van der Waals surface area contributed by atoms with Crippen molar-refractivity contribution < 1.29 is 24.5 Å². The van der Waals surface area contributed by atoms with E-state index in [0.29, 0.717) is 12.3 Å². The number of hydrogen-bond acceptors (Lipinski definition) is 6. The first-order chi connectivity index (χ1) is 17.7. The summed E-state index contributed by atoms with van der Waals surface area (Å²) >= 11 is 0. The Morgan fingerprint density at radius 3 is 2.57 bits per heavy atom. The Hall–Kier alpha value is -2.64. The zero-order valence-electron chi connectivity index (χ0n) is 22.6. The first kappa shape index (κ1) is 28.9. The highest BCUT2D eigenvalue weighted by Crippen LogP contribution is 2.45. The molecule has 0 saturated heterocycles. The van der Waals surface area contributed by atoms with Gasteiger partial charge in [-0.2, -0.15) is 0 Å². The fraction of sp³-hybridized carbons (Fsp3) is 0.600. The average Bonchev–Trinajstić information content (AvgIpc) is 2.86. The molecule has 1 amide bonds. The molecule has 7 heteroatoms. The second kappa shape index (κ2) is 13.8. The van der Waals surface area contributed by atoms with Crippen molar-refractivity contribution in [1.82, 2.24) is 5.43 Å². The Morgan fingerprint density at radius 2 is 1.86 bits per heavy atom. The lowest BCUT2D eigenvalue weighted by Gasteiger charge is -2.43. The van der Waals surface area contributed by atoms with Crippen molar-refractivity contribution >= 4 is 17.6 Å². The first-order valence-electron chi connectivity index (χ1n) is 13.7. The van der Waals surface area contributed by atoms with Crippen LogP contribution in [-0.2, 0) is 14.3 Å². The van der Waals surface area contributed by atoms with Gasteiger partial charge in [0.25, 0.3) is 0 Å². The van der Waals surface area contributed by atoms with Gasteiger partial charge in [0.15, 0.2) is 0 Å². The number of allylic oxidation sites excluding steroid dienone is 3. The van der Waals surface area contributed by atoms with Gasteiger partial charge in [0.1, 0.15) is 6.10 Å². The van der Waals surface area contributed by atoms with Crippen molar-refractivity contribution in [2.75, 3.05) is 5.43 Å². The van der Waals surface area contributed by atoms with Gasteiger partial charge in [-0.1, -0.05) is 64.1 Å². The third-order valence-corrected chi connectivity index (χ3v) is 7.80. The third-order valence-electron chi connectivity index (χ3n) is 7.80. The van der Waals surface area contributed by atoms with Gasteiger partial charge in [-0.25, -0.2) is 0 Å². The molecule has 0 radical (unpaired) electrons. The topological polar surface area (TPSA) is 108 Å². The van der Waals surface area contributed by atoms with Crippen molar-refractivity contribution in [2.24, 2.45) is 29.6 Å². The van der Waals surface area contributed by atoms with E-state index in [-0.39, 0.29) is 54.5 Å². The molecule has 1 aromatic rings. The largest absolute Gasteiger partial charge is 0.461 e. The number of anilines is 1. The van der Waals surface area contributed by atoms with Crippen LogP contribution >= 0.6 is 0 Å². The molecule has 2 aliphatic carbocycles. The van der Waals surface area contributed by atoms with E-state index in [0.717, 1.165) is 24.9 Å². The van der Waals surface area contributed by atoms with E-state index in [1.165, 1.54) is 5.57 Å². The van der Waals surface area contributed by atoms with Crippen LogP contribution in [0.2, 0.25) is 0 Å². The maximum absolute atomic E-state index is 12.6. The Bertz CT molecular complexity index is 947. The van der Waals surface area contributed by atoms with Crippen LogP contribution in [0.5, 0.6) is 0 Å². The van der Waals surface area contributed by atoms with Gasteiger partial charge in [0.2, 0.25) is 5.91 Å². The van der Waals surface area contributed by atoms with Crippen molar-refractivity contribution in [3.05, 3.63) is 54.1 Å². The van der Waals surface area contributed by atoms with E-state index in [1.807, 2.05) is 44.2 Å². The maximum atomic E-state index is 12.6. The summed E-state index contributed by atoms with van der Waals surface area (Å²) in [6.45, 7) is 8.24. The summed E-state index contributed by atoms with van der Waals surface area (Å²) in [5, 5.41) is 21.1. The number of esters is 1. The molecule has 37 heavy (non-hydrogen) atoms. The molecule has 7 nitrogen and oxygen atoms in total. The minimum Gasteiger partial charge on any atom is -0.461 e. The molecule has 0 bridgehead atoms. The van der Waals surface area contributed by atoms with Crippen molar-refractivity contribution in [1.29, 1.82) is 0 Å².